The lowest BCUT2D eigenvalue weighted by Crippen LogP contribution is -2.44. The first kappa shape index (κ1) is 14.6. The number of carbonyl (C=O) groups is 1. The average molecular weight is 253 g/mol. The highest BCUT2D eigenvalue weighted by molar-refractivity contribution is 5.68. The number of hydrogen-bond donors (Lipinski definition) is 1. The molecule has 0 bridgehead atoms. The van der Waals surface area contributed by atoms with Gasteiger partial charge in [-0.15, -0.1) is 0 Å². The molecule has 0 fully saturated rings. The summed E-state index contributed by atoms with van der Waals surface area (Å²) in [6.45, 7) is 5.76. The van der Waals surface area contributed by atoms with Gasteiger partial charge in [-0.2, -0.15) is 0 Å². The number of benzene rings is 1. The van der Waals surface area contributed by atoms with Gasteiger partial charge in [-0.05, 0) is 45.5 Å². The molecular formula is C14H20FNO2. The molecule has 0 spiro atoms. The fraction of sp³-hybridized carbons (Fsp3) is 0.500. The van der Waals surface area contributed by atoms with Gasteiger partial charge in [0.05, 0.1) is 6.42 Å². The maximum Gasteiger partial charge on any atom is 0.305 e. The van der Waals surface area contributed by atoms with Gasteiger partial charge < -0.3 is 5.11 Å². The summed E-state index contributed by atoms with van der Waals surface area (Å²) in [6.07, 6.45) is 0.0645. The van der Waals surface area contributed by atoms with Crippen LogP contribution in [0.25, 0.3) is 0 Å². The van der Waals surface area contributed by atoms with Gasteiger partial charge >= 0.3 is 5.97 Å². The Morgan fingerprint density at radius 1 is 1.39 bits per heavy atom. The van der Waals surface area contributed by atoms with E-state index >= 15 is 0 Å². The van der Waals surface area contributed by atoms with Crippen LogP contribution in [0.5, 0.6) is 0 Å². The minimum absolute atomic E-state index is 0.0277. The highest BCUT2D eigenvalue weighted by atomic mass is 19.1. The predicted octanol–water partition coefficient (Wildman–Crippen LogP) is 3.07. The normalized spacial score (nSPS) is 13.7. The van der Waals surface area contributed by atoms with Gasteiger partial charge in [-0.3, -0.25) is 9.69 Å². The molecule has 0 aliphatic rings. The van der Waals surface area contributed by atoms with Gasteiger partial charge in [0.2, 0.25) is 0 Å². The summed E-state index contributed by atoms with van der Waals surface area (Å²) in [5, 5.41) is 8.91. The number of aliphatic carboxylic acids is 1. The van der Waals surface area contributed by atoms with Crippen molar-refractivity contribution in [2.45, 2.75) is 38.8 Å². The number of carboxylic acid groups (broad SMARTS) is 1. The molecule has 0 amide bonds. The number of nitrogens with zero attached hydrogens (tertiary/aromatic N) is 1. The van der Waals surface area contributed by atoms with Gasteiger partial charge in [0.25, 0.3) is 0 Å². The van der Waals surface area contributed by atoms with Crippen LogP contribution in [0.3, 0.4) is 0 Å². The van der Waals surface area contributed by atoms with E-state index in [4.69, 9.17) is 5.11 Å². The highest BCUT2D eigenvalue weighted by Gasteiger charge is 2.30. The van der Waals surface area contributed by atoms with Crippen LogP contribution in [-0.2, 0) is 4.79 Å². The molecule has 0 heterocycles. The zero-order valence-electron chi connectivity index (χ0n) is 11.3. The molecule has 3 nitrogen and oxygen atoms in total. The van der Waals surface area contributed by atoms with Gasteiger partial charge in [0, 0.05) is 11.6 Å². The highest BCUT2D eigenvalue weighted by Crippen LogP contribution is 2.28. The third-order valence-corrected chi connectivity index (χ3v) is 3.47. The third-order valence-electron chi connectivity index (χ3n) is 3.47. The molecule has 0 aliphatic heterocycles. The van der Waals surface area contributed by atoms with E-state index in [0.717, 1.165) is 5.56 Å². The molecule has 1 rings (SSSR count). The van der Waals surface area contributed by atoms with Crippen molar-refractivity contribution in [3.05, 3.63) is 35.6 Å². The molecule has 4 heteroatoms. The van der Waals surface area contributed by atoms with Crippen LogP contribution in [0.2, 0.25) is 0 Å². The van der Waals surface area contributed by atoms with Crippen LogP contribution in [0.1, 0.15) is 38.8 Å². The second-order valence-electron chi connectivity index (χ2n) is 5.22. The molecule has 0 saturated carbocycles. The summed E-state index contributed by atoms with van der Waals surface area (Å²) in [5.41, 5.74) is 0.511. The van der Waals surface area contributed by atoms with Crippen molar-refractivity contribution in [1.29, 1.82) is 0 Å². The Kier molecular flexibility index (Phi) is 4.46. The number of halogens is 1. The first-order valence-electron chi connectivity index (χ1n) is 5.94. The van der Waals surface area contributed by atoms with Crippen molar-refractivity contribution in [3.8, 4) is 0 Å². The first-order chi connectivity index (χ1) is 8.24. The molecule has 1 aromatic rings. The largest absolute Gasteiger partial charge is 0.481 e. The monoisotopic (exact) mass is 253 g/mol. The van der Waals surface area contributed by atoms with E-state index in [1.54, 1.807) is 12.1 Å². The van der Waals surface area contributed by atoms with Crippen LogP contribution in [-0.4, -0.2) is 28.6 Å². The molecule has 1 aromatic carbocycles. The topological polar surface area (TPSA) is 40.5 Å². The van der Waals surface area contributed by atoms with E-state index in [1.165, 1.54) is 12.1 Å². The van der Waals surface area contributed by atoms with Crippen molar-refractivity contribution >= 4 is 5.97 Å². The van der Waals surface area contributed by atoms with Gasteiger partial charge in [0.15, 0.2) is 0 Å². The first-order valence-corrected chi connectivity index (χ1v) is 5.94. The molecule has 0 aliphatic carbocycles. The van der Waals surface area contributed by atoms with Gasteiger partial charge in [-0.25, -0.2) is 4.39 Å². The number of hydrogen-bond acceptors (Lipinski definition) is 2. The summed E-state index contributed by atoms with van der Waals surface area (Å²) < 4.78 is 12.9. The molecule has 100 valence electrons. The minimum atomic E-state index is -0.821. The Morgan fingerprint density at radius 3 is 2.33 bits per heavy atom. The lowest BCUT2D eigenvalue weighted by molar-refractivity contribution is -0.140. The molecule has 0 aromatic heterocycles. The number of rotatable bonds is 5. The van der Waals surface area contributed by atoms with E-state index in [-0.39, 0.29) is 18.3 Å². The maximum atomic E-state index is 12.9. The van der Waals surface area contributed by atoms with Crippen molar-refractivity contribution in [2.75, 3.05) is 7.05 Å². The molecule has 1 N–H and O–H groups in total. The second-order valence-corrected chi connectivity index (χ2v) is 5.22. The predicted molar refractivity (Wildman–Crippen MR) is 68.9 cm³/mol. The summed E-state index contributed by atoms with van der Waals surface area (Å²) in [4.78, 5) is 12.8. The van der Waals surface area contributed by atoms with E-state index < -0.39 is 11.5 Å². The van der Waals surface area contributed by atoms with Gasteiger partial charge in [-0.1, -0.05) is 12.1 Å². The Balaban J connectivity index is 2.85. The summed E-state index contributed by atoms with van der Waals surface area (Å²) in [5.74, 6) is -1.09. The Hall–Kier alpha value is -1.42. The van der Waals surface area contributed by atoms with E-state index in [0.29, 0.717) is 0 Å². The standard InChI is InChI=1S/C14H20FNO2/c1-10(11-5-7-12(15)8-6-11)16(4)14(2,3)9-13(17)18/h5-8,10H,9H2,1-4H3,(H,17,18). The lowest BCUT2D eigenvalue weighted by atomic mass is 9.95. The van der Waals surface area contributed by atoms with Crippen molar-refractivity contribution in [2.24, 2.45) is 0 Å². The molecule has 1 atom stereocenters. The van der Waals surface area contributed by atoms with Crippen LogP contribution in [0.15, 0.2) is 24.3 Å². The molecule has 0 radical (unpaired) electrons. The van der Waals surface area contributed by atoms with Crippen LogP contribution >= 0.6 is 0 Å². The van der Waals surface area contributed by atoms with Crippen LogP contribution in [0.4, 0.5) is 4.39 Å². The smallest absolute Gasteiger partial charge is 0.305 e. The lowest BCUT2D eigenvalue weighted by Gasteiger charge is -2.39. The average Bonchev–Trinajstić information content (AvgIpc) is 2.26. The zero-order valence-corrected chi connectivity index (χ0v) is 11.3. The van der Waals surface area contributed by atoms with Crippen LogP contribution < -0.4 is 0 Å². The van der Waals surface area contributed by atoms with Gasteiger partial charge in [0.1, 0.15) is 5.82 Å². The molecule has 1 unspecified atom stereocenters. The quantitative estimate of drug-likeness (QED) is 0.876. The van der Waals surface area contributed by atoms with Crippen molar-refractivity contribution < 1.29 is 14.3 Å². The molecule has 0 saturated heterocycles. The van der Waals surface area contributed by atoms with E-state index in [2.05, 4.69) is 0 Å². The van der Waals surface area contributed by atoms with Crippen molar-refractivity contribution in [3.63, 3.8) is 0 Å². The molecule has 18 heavy (non-hydrogen) atoms. The Morgan fingerprint density at radius 2 is 1.89 bits per heavy atom. The summed E-state index contributed by atoms with van der Waals surface area (Å²) in [6, 6.07) is 6.33. The Labute approximate surface area is 107 Å². The second kappa shape index (κ2) is 5.48. The van der Waals surface area contributed by atoms with E-state index in [9.17, 15) is 9.18 Å². The Bertz CT molecular complexity index is 414. The molecular weight excluding hydrogens is 233 g/mol. The fourth-order valence-electron chi connectivity index (χ4n) is 1.98. The summed E-state index contributed by atoms with van der Waals surface area (Å²) >= 11 is 0. The maximum absolute atomic E-state index is 12.9. The summed E-state index contributed by atoms with van der Waals surface area (Å²) in [7, 11) is 1.89. The SMILES string of the molecule is CC(c1ccc(F)cc1)N(C)C(C)(C)CC(=O)O. The minimum Gasteiger partial charge on any atom is -0.481 e. The third kappa shape index (κ3) is 3.53. The number of carboxylic acids is 1. The van der Waals surface area contributed by atoms with Crippen molar-refractivity contribution in [1.82, 2.24) is 4.90 Å². The van der Waals surface area contributed by atoms with E-state index in [1.807, 2.05) is 32.7 Å². The fourth-order valence-corrected chi connectivity index (χ4v) is 1.98. The zero-order chi connectivity index (χ0) is 13.9. The van der Waals surface area contributed by atoms with Crippen LogP contribution in [0, 0.1) is 5.82 Å².